The first-order chi connectivity index (χ1) is 6.97. The van der Waals surface area contributed by atoms with E-state index in [1.807, 2.05) is 0 Å². The maximum atomic E-state index is 12.2. The largest absolute Gasteiger partial charge is 0.465 e. The molecule has 0 heterocycles. The summed E-state index contributed by atoms with van der Waals surface area (Å²) in [6.45, 7) is -1.02. The van der Waals surface area contributed by atoms with Gasteiger partial charge < -0.3 is 14.0 Å². The summed E-state index contributed by atoms with van der Waals surface area (Å²) in [6.07, 6.45) is 0. The zero-order valence-corrected chi connectivity index (χ0v) is 8.99. The molecule has 15 heavy (non-hydrogen) atoms. The summed E-state index contributed by atoms with van der Waals surface area (Å²) in [7, 11) is 6.08. The summed E-state index contributed by atoms with van der Waals surface area (Å²) in [4.78, 5) is 22.0. The summed E-state index contributed by atoms with van der Waals surface area (Å²) >= 11 is 0. The fourth-order valence-corrected chi connectivity index (χ4v) is 1.07. The molecule has 0 aromatic heterocycles. The predicted octanol–water partition coefficient (Wildman–Crippen LogP) is -0.0897. The first-order valence-corrected chi connectivity index (χ1v) is 4.37. The summed E-state index contributed by atoms with van der Waals surface area (Å²) < 4.78 is 20.8. The van der Waals surface area contributed by atoms with Gasteiger partial charge >= 0.3 is 11.9 Å². The van der Waals surface area contributed by atoms with Crippen LogP contribution in [0.4, 0.5) is 4.39 Å². The Morgan fingerprint density at radius 1 is 1.20 bits per heavy atom. The SMILES string of the molecule is [CH2-][N+](CCF)(CC(=O)OC)CC(=O)OC. The van der Waals surface area contributed by atoms with Crippen LogP contribution in [0.1, 0.15) is 0 Å². The highest BCUT2D eigenvalue weighted by Gasteiger charge is 2.24. The quantitative estimate of drug-likeness (QED) is 0.357. The zero-order chi connectivity index (χ0) is 11.9. The van der Waals surface area contributed by atoms with Gasteiger partial charge in [-0.3, -0.25) is 0 Å². The van der Waals surface area contributed by atoms with E-state index >= 15 is 0 Å². The molecule has 5 nitrogen and oxygen atoms in total. The van der Waals surface area contributed by atoms with Gasteiger partial charge in [-0.1, -0.05) is 0 Å². The smallest absolute Gasteiger partial charge is 0.359 e. The molecule has 0 aromatic carbocycles. The van der Waals surface area contributed by atoms with E-state index in [9.17, 15) is 14.0 Å². The molecule has 0 spiro atoms. The van der Waals surface area contributed by atoms with Crippen molar-refractivity contribution in [3.8, 4) is 0 Å². The number of hydrogen-bond donors (Lipinski definition) is 0. The molecule has 0 aliphatic rings. The summed E-state index contributed by atoms with van der Waals surface area (Å²) in [5.74, 6) is -1.08. The number of esters is 2. The van der Waals surface area contributed by atoms with Crippen LogP contribution in [0, 0.1) is 7.05 Å². The fraction of sp³-hybridized carbons (Fsp3) is 0.667. The van der Waals surface area contributed by atoms with Gasteiger partial charge in [0.05, 0.1) is 20.8 Å². The van der Waals surface area contributed by atoms with E-state index in [4.69, 9.17) is 0 Å². The molecule has 0 atom stereocenters. The Balaban J connectivity index is 4.43. The van der Waals surface area contributed by atoms with Crippen LogP contribution in [0.5, 0.6) is 0 Å². The minimum absolute atomic E-state index is 0.0375. The van der Waals surface area contributed by atoms with Crippen molar-refractivity contribution < 1.29 is 27.9 Å². The van der Waals surface area contributed by atoms with Crippen molar-refractivity contribution in [1.29, 1.82) is 0 Å². The van der Waals surface area contributed by atoms with Gasteiger partial charge in [0.2, 0.25) is 0 Å². The lowest BCUT2D eigenvalue weighted by atomic mass is 10.3. The number of methoxy groups -OCH3 is 2. The number of carbonyl (C=O) groups excluding carboxylic acids is 2. The Bertz CT molecular complexity index is 214. The maximum Gasteiger partial charge on any atom is 0.359 e. The Morgan fingerprint density at radius 2 is 1.60 bits per heavy atom. The minimum Gasteiger partial charge on any atom is -0.465 e. The molecule has 0 fully saturated rings. The van der Waals surface area contributed by atoms with Crippen molar-refractivity contribution in [2.24, 2.45) is 0 Å². The van der Waals surface area contributed by atoms with Gasteiger partial charge in [-0.25, -0.2) is 14.0 Å². The molecule has 88 valence electrons. The molecule has 0 N–H and O–H groups in total. The Kier molecular flexibility index (Phi) is 5.84. The lowest BCUT2D eigenvalue weighted by Gasteiger charge is -2.39. The van der Waals surface area contributed by atoms with Crippen molar-refractivity contribution in [1.82, 2.24) is 0 Å². The van der Waals surface area contributed by atoms with Crippen LogP contribution < -0.4 is 0 Å². The molecule has 0 rings (SSSR count). The fourth-order valence-electron chi connectivity index (χ4n) is 1.07. The summed E-state index contributed by atoms with van der Waals surface area (Å²) in [5.41, 5.74) is 0. The van der Waals surface area contributed by atoms with Crippen LogP contribution in [0.15, 0.2) is 0 Å². The van der Waals surface area contributed by atoms with Crippen LogP contribution in [0.2, 0.25) is 0 Å². The van der Waals surface area contributed by atoms with Crippen molar-refractivity contribution >= 4 is 11.9 Å². The number of rotatable bonds is 6. The monoisotopic (exact) mass is 221 g/mol. The number of alkyl halides is 1. The molecule has 0 saturated heterocycles. The topological polar surface area (TPSA) is 52.6 Å². The van der Waals surface area contributed by atoms with E-state index in [1.165, 1.54) is 14.2 Å². The summed E-state index contributed by atoms with van der Waals surface area (Å²) in [5, 5.41) is 0. The van der Waals surface area contributed by atoms with Crippen molar-refractivity contribution in [3.05, 3.63) is 7.05 Å². The predicted molar refractivity (Wildman–Crippen MR) is 50.2 cm³/mol. The average Bonchev–Trinajstić information content (AvgIpc) is 2.17. The third-order valence-corrected chi connectivity index (χ3v) is 1.94. The first kappa shape index (κ1) is 13.8. The molecular weight excluding hydrogens is 205 g/mol. The molecular formula is C9H16FNO4. The highest BCUT2D eigenvalue weighted by molar-refractivity contribution is 5.72. The van der Waals surface area contributed by atoms with Crippen LogP contribution >= 0.6 is 0 Å². The van der Waals surface area contributed by atoms with E-state index in [0.29, 0.717) is 0 Å². The van der Waals surface area contributed by atoms with Gasteiger partial charge in [0.1, 0.15) is 6.67 Å². The van der Waals surface area contributed by atoms with Gasteiger partial charge in [0.25, 0.3) is 0 Å². The van der Waals surface area contributed by atoms with E-state index in [0.717, 1.165) is 0 Å². The molecule has 0 radical (unpaired) electrons. The number of nitrogens with zero attached hydrogens (tertiary/aromatic N) is 1. The van der Waals surface area contributed by atoms with E-state index in [1.54, 1.807) is 0 Å². The lowest BCUT2D eigenvalue weighted by Crippen LogP contribution is -2.50. The standard InChI is InChI=1S/C9H16FNO4/c1-11(5-4-10,6-8(12)14-2)7-9(13)15-3/h1,4-7H2,2-3H3. The maximum absolute atomic E-state index is 12.2. The number of ether oxygens (including phenoxy) is 2. The van der Waals surface area contributed by atoms with Gasteiger partial charge in [-0.2, -0.15) is 0 Å². The van der Waals surface area contributed by atoms with Crippen LogP contribution in [0.3, 0.4) is 0 Å². The number of hydrogen-bond acceptors (Lipinski definition) is 4. The van der Waals surface area contributed by atoms with Crippen molar-refractivity contribution in [2.45, 2.75) is 0 Å². The summed E-state index contributed by atoms with van der Waals surface area (Å²) in [6, 6.07) is 0. The number of quaternary nitrogens is 1. The van der Waals surface area contributed by atoms with E-state index in [-0.39, 0.29) is 24.1 Å². The molecule has 0 bridgehead atoms. The highest BCUT2D eigenvalue weighted by atomic mass is 19.1. The third-order valence-electron chi connectivity index (χ3n) is 1.94. The van der Waals surface area contributed by atoms with Gasteiger partial charge in [0.15, 0.2) is 13.1 Å². The lowest BCUT2D eigenvalue weighted by molar-refractivity contribution is -0.871. The normalized spacial score (nSPS) is 10.9. The first-order valence-electron chi connectivity index (χ1n) is 4.37. The molecule has 0 unspecified atom stereocenters. The van der Waals surface area contributed by atoms with Gasteiger partial charge in [-0.15, -0.1) is 7.05 Å². The molecule has 0 aromatic rings. The Morgan fingerprint density at radius 3 is 1.87 bits per heavy atom. The molecule has 0 aliphatic heterocycles. The second-order valence-electron chi connectivity index (χ2n) is 3.22. The van der Waals surface area contributed by atoms with Crippen molar-refractivity contribution in [3.63, 3.8) is 0 Å². The average molecular weight is 221 g/mol. The molecule has 0 amide bonds. The van der Waals surface area contributed by atoms with E-state index < -0.39 is 18.6 Å². The molecule has 0 aliphatic carbocycles. The van der Waals surface area contributed by atoms with Gasteiger partial charge in [0, 0.05) is 0 Å². The number of carbonyl (C=O) groups is 2. The van der Waals surface area contributed by atoms with Crippen LogP contribution in [-0.4, -0.2) is 57.0 Å². The zero-order valence-electron chi connectivity index (χ0n) is 8.99. The Labute approximate surface area is 88.3 Å². The van der Waals surface area contributed by atoms with Crippen molar-refractivity contribution in [2.75, 3.05) is 40.5 Å². The molecule has 6 heteroatoms. The van der Waals surface area contributed by atoms with E-state index in [2.05, 4.69) is 16.5 Å². The Hall–Kier alpha value is -1.17. The van der Waals surface area contributed by atoms with Gasteiger partial charge in [-0.05, 0) is 0 Å². The van der Waals surface area contributed by atoms with Crippen LogP contribution in [0.25, 0.3) is 0 Å². The third kappa shape index (κ3) is 5.31. The second-order valence-corrected chi connectivity index (χ2v) is 3.22. The van der Waals surface area contributed by atoms with Crippen LogP contribution in [-0.2, 0) is 19.1 Å². The minimum atomic E-state index is -0.669. The highest BCUT2D eigenvalue weighted by Crippen LogP contribution is 2.05. The number of halogens is 1. The second kappa shape index (κ2) is 6.34. The molecule has 0 saturated carbocycles.